The van der Waals surface area contributed by atoms with Crippen molar-refractivity contribution in [2.75, 3.05) is 19.6 Å². The fraction of sp³-hybridized carbons (Fsp3) is 0.409. The van der Waals surface area contributed by atoms with E-state index in [0.717, 1.165) is 24.1 Å². The summed E-state index contributed by atoms with van der Waals surface area (Å²) in [7, 11) is 0. The topological polar surface area (TPSA) is 69.3 Å². The molecule has 28 heavy (non-hydrogen) atoms. The summed E-state index contributed by atoms with van der Waals surface area (Å²) in [6.07, 6.45) is 5.64. The third-order valence-corrected chi connectivity index (χ3v) is 5.72. The normalized spacial score (nSPS) is 21.6. The Morgan fingerprint density at radius 1 is 1.18 bits per heavy atom. The predicted octanol–water partition coefficient (Wildman–Crippen LogP) is 3.11. The number of hydrogen-bond acceptors (Lipinski definition) is 3. The standard InChI is InChI=1S/C22H26N4O2/c1-15(2)10-12-26-19-8-7-18(22(26)28)13-25(14-19)21(27)17-5-3-16(4-6-17)20-9-11-23-24-20/h3-6,9-11,18-19H,7-8,12-14H2,1-2H3,(H,23,24)/t18-,19+/m0/s1. The van der Waals surface area contributed by atoms with Crippen LogP contribution in [0.15, 0.2) is 48.2 Å². The minimum Gasteiger partial charge on any atom is -0.336 e. The molecule has 3 aliphatic heterocycles. The highest BCUT2D eigenvalue weighted by Crippen LogP contribution is 2.30. The summed E-state index contributed by atoms with van der Waals surface area (Å²) in [4.78, 5) is 29.8. The molecule has 2 aromatic rings. The number of nitrogens with zero attached hydrogens (tertiary/aromatic N) is 3. The van der Waals surface area contributed by atoms with Crippen LogP contribution in [0.2, 0.25) is 0 Å². The molecule has 0 spiro atoms. The summed E-state index contributed by atoms with van der Waals surface area (Å²) in [5, 5.41) is 6.89. The van der Waals surface area contributed by atoms with Crippen molar-refractivity contribution in [2.24, 2.45) is 5.92 Å². The number of nitrogens with one attached hydrogen (secondary N) is 1. The molecule has 1 aromatic carbocycles. The summed E-state index contributed by atoms with van der Waals surface area (Å²) >= 11 is 0. The van der Waals surface area contributed by atoms with Crippen LogP contribution in [0.5, 0.6) is 0 Å². The largest absolute Gasteiger partial charge is 0.336 e. The van der Waals surface area contributed by atoms with Gasteiger partial charge in [0.15, 0.2) is 0 Å². The summed E-state index contributed by atoms with van der Waals surface area (Å²) in [5.74, 6) is 0.112. The first-order valence-electron chi connectivity index (χ1n) is 9.86. The third kappa shape index (κ3) is 3.59. The lowest BCUT2D eigenvalue weighted by Gasteiger charge is -2.35. The van der Waals surface area contributed by atoms with Crippen molar-refractivity contribution in [3.05, 3.63) is 53.7 Å². The van der Waals surface area contributed by atoms with Crippen LogP contribution in [0.3, 0.4) is 0 Å². The van der Waals surface area contributed by atoms with Gasteiger partial charge in [-0.15, -0.1) is 0 Å². The van der Waals surface area contributed by atoms with Gasteiger partial charge >= 0.3 is 0 Å². The molecule has 3 saturated heterocycles. The Kier molecular flexibility index (Phi) is 5.03. The van der Waals surface area contributed by atoms with Gasteiger partial charge in [0, 0.05) is 37.4 Å². The van der Waals surface area contributed by atoms with E-state index >= 15 is 0 Å². The number of carbonyl (C=O) groups is 2. The SMILES string of the molecule is CC(C)=CCN1C(=O)[C@H]2CC[C@@H]1CN(C(=O)c1ccc(-c3ccn[nH]3)cc1)C2. The summed E-state index contributed by atoms with van der Waals surface area (Å²) in [5.41, 5.74) is 3.78. The van der Waals surface area contributed by atoms with Crippen LogP contribution in [0.25, 0.3) is 11.3 Å². The Bertz CT molecular complexity index is 882. The van der Waals surface area contributed by atoms with Gasteiger partial charge in [0.25, 0.3) is 5.91 Å². The molecule has 6 nitrogen and oxygen atoms in total. The first-order chi connectivity index (χ1) is 13.5. The Morgan fingerprint density at radius 2 is 1.96 bits per heavy atom. The molecule has 0 unspecified atom stereocenters. The quantitative estimate of drug-likeness (QED) is 0.831. The van der Waals surface area contributed by atoms with Gasteiger partial charge in [0.1, 0.15) is 0 Å². The highest BCUT2D eigenvalue weighted by Gasteiger charge is 2.41. The molecule has 5 rings (SSSR count). The summed E-state index contributed by atoms with van der Waals surface area (Å²) < 4.78 is 0. The van der Waals surface area contributed by atoms with Crippen LogP contribution >= 0.6 is 0 Å². The van der Waals surface area contributed by atoms with Gasteiger partial charge in [-0.3, -0.25) is 14.7 Å². The highest BCUT2D eigenvalue weighted by atomic mass is 16.2. The molecular weight excluding hydrogens is 352 g/mol. The van der Waals surface area contributed by atoms with E-state index in [-0.39, 0.29) is 23.8 Å². The summed E-state index contributed by atoms with van der Waals surface area (Å²) in [6.45, 7) is 5.86. The number of benzene rings is 1. The second-order valence-corrected chi connectivity index (χ2v) is 7.96. The van der Waals surface area contributed by atoms with Gasteiger partial charge in [0.05, 0.1) is 11.6 Å². The van der Waals surface area contributed by atoms with Gasteiger partial charge in [-0.1, -0.05) is 23.8 Å². The van der Waals surface area contributed by atoms with E-state index in [4.69, 9.17) is 0 Å². The van der Waals surface area contributed by atoms with Crippen molar-refractivity contribution in [1.82, 2.24) is 20.0 Å². The number of rotatable bonds is 4. The molecule has 3 aliphatic rings. The van der Waals surface area contributed by atoms with E-state index in [1.54, 1.807) is 6.20 Å². The second kappa shape index (κ2) is 7.62. The number of piperidine rings is 1. The average molecular weight is 378 g/mol. The second-order valence-electron chi connectivity index (χ2n) is 7.96. The molecule has 2 amide bonds. The van der Waals surface area contributed by atoms with E-state index in [1.165, 1.54) is 5.57 Å². The van der Waals surface area contributed by atoms with E-state index in [9.17, 15) is 9.59 Å². The molecule has 6 heteroatoms. The molecule has 0 saturated carbocycles. The molecule has 0 aliphatic carbocycles. The van der Waals surface area contributed by atoms with Crippen LogP contribution in [-0.2, 0) is 4.79 Å². The monoisotopic (exact) mass is 378 g/mol. The number of carbonyl (C=O) groups excluding carboxylic acids is 2. The first kappa shape index (κ1) is 18.5. The van der Waals surface area contributed by atoms with Crippen LogP contribution < -0.4 is 0 Å². The summed E-state index contributed by atoms with van der Waals surface area (Å²) in [6, 6.07) is 9.58. The number of fused-ring (bicyclic) bond motifs is 4. The minimum atomic E-state index is -0.0856. The zero-order chi connectivity index (χ0) is 19.7. The molecule has 0 radical (unpaired) electrons. The van der Waals surface area contributed by atoms with Gasteiger partial charge < -0.3 is 9.80 Å². The third-order valence-electron chi connectivity index (χ3n) is 5.72. The Hall–Kier alpha value is -2.89. The predicted molar refractivity (Wildman–Crippen MR) is 108 cm³/mol. The Morgan fingerprint density at radius 3 is 2.64 bits per heavy atom. The average Bonchev–Trinajstić information content (AvgIpc) is 3.10. The maximum atomic E-state index is 13.1. The molecule has 146 valence electrons. The van der Waals surface area contributed by atoms with E-state index < -0.39 is 0 Å². The van der Waals surface area contributed by atoms with Crippen molar-refractivity contribution in [1.29, 1.82) is 0 Å². The number of aromatic nitrogens is 2. The van der Waals surface area contributed by atoms with Crippen LogP contribution in [0.4, 0.5) is 0 Å². The van der Waals surface area contributed by atoms with Crippen molar-refractivity contribution in [2.45, 2.75) is 32.7 Å². The van der Waals surface area contributed by atoms with Crippen molar-refractivity contribution < 1.29 is 9.59 Å². The zero-order valence-electron chi connectivity index (χ0n) is 16.4. The van der Waals surface area contributed by atoms with E-state index in [0.29, 0.717) is 25.2 Å². The molecular formula is C22H26N4O2. The minimum absolute atomic E-state index is 0.00456. The molecule has 4 heterocycles. The van der Waals surface area contributed by atoms with Crippen molar-refractivity contribution >= 4 is 11.8 Å². The highest BCUT2D eigenvalue weighted by molar-refractivity contribution is 5.95. The van der Waals surface area contributed by atoms with Gasteiger partial charge in [0.2, 0.25) is 5.91 Å². The first-order valence-corrected chi connectivity index (χ1v) is 9.86. The van der Waals surface area contributed by atoms with Gasteiger partial charge in [-0.2, -0.15) is 5.10 Å². The number of H-pyrrole nitrogens is 1. The maximum absolute atomic E-state index is 13.1. The Balaban J connectivity index is 1.51. The number of hydrogen-bond donors (Lipinski definition) is 1. The fourth-order valence-corrected chi connectivity index (χ4v) is 4.12. The number of allylic oxidation sites excluding steroid dienone is 1. The molecule has 2 bridgehead atoms. The number of aromatic amines is 1. The van der Waals surface area contributed by atoms with E-state index in [2.05, 4.69) is 16.3 Å². The smallest absolute Gasteiger partial charge is 0.253 e. The van der Waals surface area contributed by atoms with Crippen LogP contribution in [0.1, 0.15) is 37.0 Å². The van der Waals surface area contributed by atoms with Crippen LogP contribution in [-0.4, -0.2) is 57.5 Å². The molecule has 3 fully saturated rings. The lowest BCUT2D eigenvalue weighted by molar-refractivity contribution is -0.139. The molecule has 1 aromatic heterocycles. The molecule has 2 atom stereocenters. The van der Waals surface area contributed by atoms with Crippen molar-refractivity contribution in [3.8, 4) is 11.3 Å². The van der Waals surface area contributed by atoms with Crippen LogP contribution in [0, 0.1) is 5.92 Å². The van der Waals surface area contributed by atoms with Gasteiger partial charge in [-0.05, 0) is 50.5 Å². The lowest BCUT2D eigenvalue weighted by atomic mass is 9.94. The van der Waals surface area contributed by atoms with Gasteiger partial charge in [-0.25, -0.2) is 0 Å². The molecule has 1 N–H and O–H groups in total. The number of amides is 2. The fourth-order valence-electron chi connectivity index (χ4n) is 4.12. The zero-order valence-corrected chi connectivity index (χ0v) is 16.4. The van der Waals surface area contributed by atoms with Crippen molar-refractivity contribution in [3.63, 3.8) is 0 Å². The lowest BCUT2D eigenvalue weighted by Crippen LogP contribution is -2.48. The van der Waals surface area contributed by atoms with E-state index in [1.807, 2.05) is 54.0 Å². The maximum Gasteiger partial charge on any atom is 0.253 e. The Labute approximate surface area is 165 Å².